The SMILES string of the molecule is CCC(CC)c1ccc2c(c1)CCN2C(=O)Cc1ccc(NC(=O)Nc2ccccc2C)cc1. The van der Waals surface area contributed by atoms with Gasteiger partial charge in [-0.1, -0.05) is 56.3 Å². The van der Waals surface area contributed by atoms with Crippen LogP contribution in [0.25, 0.3) is 0 Å². The van der Waals surface area contributed by atoms with Gasteiger partial charge in [0.25, 0.3) is 0 Å². The number of aryl methyl sites for hydroxylation is 1. The molecule has 0 atom stereocenters. The van der Waals surface area contributed by atoms with Crippen molar-refractivity contribution >= 4 is 29.0 Å². The quantitative estimate of drug-likeness (QED) is 0.418. The highest BCUT2D eigenvalue weighted by molar-refractivity contribution is 6.00. The lowest BCUT2D eigenvalue weighted by atomic mass is 9.92. The molecule has 34 heavy (non-hydrogen) atoms. The van der Waals surface area contributed by atoms with Crippen LogP contribution >= 0.6 is 0 Å². The molecule has 0 saturated carbocycles. The number of anilines is 3. The lowest BCUT2D eigenvalue weighted by Crippen LogP contribution is -2.30. The number of hydrogen-bond acceptors (Lipinski definition) is 2. The van der Waals surface area contributed by atoms with E-state index in [1.165, 1.54) is 11.1 Å². The van der Waals surface area contributed by atoms with E-state index in [2.05, 4.69) is 42.7 Å². The summed E-state index contributed by atoms with van der Waals surface area (Å²) in [5, 5.41) is 5.70. The first-order chi connectivity index (χ1) is 16.5. The number of urea groups is 1. The van der Waals surface area contributed by atoms with E-state index in [0.29, 0.717) is 18.0 Å². The first-order valence-electron chi connectivity index (χ1n) is 12.1. The Morgan fingerprint density at radius 1 is 0.941 bits per heavy atom. The fourth-order valence-corrected chi connectivity index (χ4v) is 4.67. The van der Waals surface area contributed by atoms with Gasteiger partial charge >= 0.3 is 6.03 Å². The van der Waals surface area contributed by atoms with E-state index in [-0.39, 0.29) is 11.9 Å². The van der Waals surface area contributed by atoms with Gasteiger partial charge in [0, 0.05) is 23.6 Å². The molecule has 0 aromatic heterocycles. The second-order valence-electron chi connectivity index (χ2n) is 8.96. The molecule has 2 N–H and O–H groups in total. The second kappa shape index (κ2) is 10.6. The normalized spacial score (nSPS) is 12.5. The zero-order valence-corrected chi connectivity index (χ0v) is 20.2. The third-order valence-electron chi connectivity index (χ3n) is 6.72. The summed E-state index contributed by atoms with van der Waals surface area (Å²) in [6.07, 6.45) is 3.52. The topological polar surface area (TPSA) is 61.4 Å². The minimum atomic E-state index is -0.292. The summed E-state index contributed by atoms with van der Waals surface area (Å²) in [5.74, 6) is 0.688. The third kappa shape index (κ3) is 5.30. The Labute approximate surface area is 202 Å². The summed E-state index contributed by atoms with van der Waals surface area (Å²) < 4.78 is 0. The van der Waals surface area contributed by atoms with Crippen molar-refractivity contribution in [3.05, 3.63) is 89.0 Å². The molecule has 0 radical (unpaired) electrons. The Balaban J connectivity index is 1.36. The first-order valence-corrected chi connectivity index (χ1v) is 12.1. The van der Waals surface area contributed by atoms with Crippen LogP contribution in [0.4, 0.5) is 21.9 Å². The number of nitrogens with zero attached hydrogens (tertiary/aromatic N) is 1. The zero-order valence-electron chi connectivity index (χ0n) is 20.2. The molecule has 3 aromatic carbocycles. The molecule has 176 valence electrons. The van der Waals surface area contributed by atoms with Gasteiger partial charge in [-0.2, -0.15) is 0 Å². The monoisotopic (exact) mass is 455 g/mol. The highest BCUT2D eigenvalue weighted by atomic mass is 16.2. The third-order valence-corrected chi connectivity index (χ3v) is 6.72. The number of nitrogens with one attached hydrogen (secondary N) is 2. The molecule has 5 heteroatoms. The van der Waals surface area contributed by atoms with E-state index in [1.807, 2.05) is 60.4 Å². The summed E-state index contributed by atoms with van der Waals surface area (Å²) >= 11 is 0. The van der Waals surface area contributed by atoms with E-state index in [0.717, 1.165) is 48.3 Å². The molecule has 1 aliphatic heterocycles. The standard InChI is InChI=1S/C29H33N3O2/c1-4-22(5-2)23-12-15-27-24(19-23)16-17-32(27)28(33)18-21-10-13-25(14-11-21)30-29(34)31-26-9-7-6-8-20(26)3/h6-15,19,22H,4-5,16-18H2,1-3H3,(H2,30,31,34). The minimum Gasteiger partial charge on any atom is -0.312 e. The number of benzene rings is 3. The smallest absolute Gasteiger partial charge is 0.312 e. The van der Waals surface area contributed by atoms with Gasteiger partial charge in [0.1, 0.15) is 0 Å². The summed E-state index contributed by atoms with van der Waals surface area (Å²) in [4.78, 5) is 27.3. The van der Waals surface area contributed by atoms with Crippen molar-refractivity contribution in [3.63, 3.8) is 0 Å². The van der Waals surface area contributed by atoms with Crippen molar-refractivity contribution in [2.45, 2.75) is 52.4 Å². The average molecular weight is 456 g/mol. The maximum absolute atomic E-state index is 13.1. The maximum Gasteiger partial charge on any atom is 0.323 e. The van der Waals surface area contributed by atoms with Gasteiger partial charge in [0.05, 0.1) is 6.42 Å². The van der Waals surface area contributed by atoms with Crippen molar-refractivity contribution in [2.75, 3.05) is 22.1 Å². The van der Waals surface area contributed by atoms with Crippen LogP contribution in [-0.4, -0.2) is 18.5 Å². The number of carbonyl (C=O) groups is 2. The molecule has 3 aromatic rings. The van der Waals surface area contributed by atoms with Crippen LogP contribution in [-0.2, 0) is 17.6 Å². The molecule has 5 nitrogen and oxygen atoms in total. The largest absolute Gasteiger partial charge is 0.323 e. The Morgan fingerprint density at radius 3 is 2.38 bits per heavy atom. The van der Waals surface area contributed by atoms with E-state index in [9.17, 15) is 9.59 Å². The number of fused-ring (bicyclic) bond motifs is 1. The van der Waals surface area contributed by atoms with E-state index in [4.69, 9.17) is 0 Å². The van der Waals surface area contributed by atoms with Gasteiger partial charge in [-0.15, -0.1) is 0 Å². The zero-order chi connectivity index (χ0) is 24.1. The van der Waals surface area contributed by atoms with Crippen molar-refractivity contribution in [1.29, 1.82) is 0 Å². The van der Waals surface area contributed by atoms with Crippen molar-refractivity contribution in [3.8, 4) is 0 Å². The van der Waals surface area contributed by atoms with Crippen LogP contribution in [0.1, 0.15) is 54.9 Å². The summed E-state index contributed by atoms with van der Waals surface area (Å²) in [6.45, 7) is 7.15. The van der Waals surface area contributed by atoms with Crippen LogP contribution < -0.4 is 15.5 Å². The number of para-hydroxylation sites is 1. The second-order valence-corrected chi connectivity index (χ2v) is 8.96. The van der Waals surface area contributed by atoms with Gasteiger partial charge in [-0.25, -0.2) is 4.79 Å². The van der Waals surface area contributed by atoms with Crippen LogP contribution in [0.15, 0.2) is 66.7 Å². The molecule has 3 amide bonds. The van der Waals surface area contributed by atoms with E-state index < -0.39 is 0 Å². The highest BCUT2D eigenvalue weighted by Gasteiger charge is 2.25. The summed E-state index contributed by atoms with van der Waals surface area (Å²) in [6, 6.07) is 21.4. The average Bonchev–Trinajstić information content (AvgIpc) is 3.26. The molecule has 4 rings (SSSR count). The number of amides is 3. The van der Waals surface area contributed by atoms with E-state index in [1.54, 1.807) is 0 Å². The van der Waals surface area contributed by atoms with Gasteiger partial charge in [-0.05, 0) is 78.6 Å². The van der Waals surface area contributed by atoms with Gasteiger partial charge in [0.15, 0.2) is 0 Å². The van der Waals surface area contributed by atoms with Crippen LogP contribution in [0, 0.1) is 6.92 Å². The number of hydrogen-bond donors (Lipinski definition) is 2. The Kier molecular flexibility index (Phi) is 7.31. The number of carbonyl (C=O) groups excluding carboxylic acids is 2. The molecule has 1 heterocycles. The summed E-state index contributed by atoms with van der Waals surface area (Å²) in [7, 11) is 0. The van der Waals surface area contributed by atoms with Crippen molar-refractivity contribution in [1.82, 2.24) is 0 Å². The minimum absolute atomic E-state index is 0.104. The molecule has 0 unspecified atom stereocenters. The molecule has 1 aliphatic rings. The predicted molar refractivity (Wildman–Crippen MR) is 140 cm³/mol. The van der Waals surface area contributed by atoms with Gasteiger partial charge in [0.2, 0.25) is 5.91 Å². The first kappa shape index (κ1) is 23.6. The van der Waals surface area contributed by atoms with Crippen LogP contribution in [0.3, 0.4) is 0 Å². The molecule has 0 saturated heterocycles. The molecular formula is C29H33N3O2. The molecule has 0 bridgehead atoms. The fourth-order valence-electron chi connectivity index (χ4n) is 4.67. The Morgan fingerprint density at radius 2 is 1.68 bits per heavy atom. The summed E-state index contributed by atoms with van der Waals surface area (Å²) in [5.41, 5.74) is 7.09. The van der Waals surface area contributed by atoms with Crippen molar-refractivity contribution in [2.24, 2.45) is 0 Å². The Bertz CT molecular complexity index is 1170. The van der Waals surface area contributed by atoms with Gasteiger partial charge < -0.3 is 15.5 Å². The molecular weight excluding hydrogens is 422 g/mol. The highest BCUT2D eigenvalue weighted by Crippen LogP contribution is 2.33. The van der Waals surface area contributed by atoms with Crippen LogP contribution in [0.5, 0.6) is 0 Å². The van der Waals surface area contributed by atoms with Gasteiger partial charge in [-0.3, -0.25) is 4.79 Å². The van der Waals surface area contributed by atoms with Crippen molar-refractivity contribution < 1.29 is 9.59 Å². The molecule has 0 spiro atoms. The predicted octanol–water partition coefficient (Wildman–Crippen LogP) is 6.67. The van der Waals surface area contributed by atoms with E-state index >= 15 is 0 Å². The lowest BCUT2D eigenvalue weighted by molar-refractivity contribution is -0.117. The Hall–Kier alpha value is -3.60. The maximum atomic E-state index is 13.1. The fraction of sp³-hybridized carbons (Fsp3) is 0.310. The number of rotatable bonds is 7. The molecule has 0 fully saturated rings. The lowest BCUT2D eigenvalue weighted by Gasteiger charge is -2.19. The molecule has 0 aliphatic carbocycles. The van der Waals surface area contributed by atoms with Crippen LogP contribution in [0.2, 0.25) is 0 Å².